The number of amidine groups is 1. The monoisotopic (exact) mass is 182 g/mol. The van der Waals surface area contributed by atoms with Crippen LogP contribution < -0.4 is 5.73 Å². The van der Waals surface area contributed by atoms with E-state index in [0.717, 1.165) is 18.3 Å². The molecule has 1 saturated carbocycles. The molecule has 0 aromatic carbocycles. The standard InChI is InChI=1S/C11H22N2/c1-9(2)11(12)13-8-10-6-4-3-5-7-10/h9-10H,3-8H2,1-2H3,(H2,12,13). The van der Waals surface area contributed by atoms with Crippen LogP contribution >= 0.6 is 0 Å². The van der Waals surface area contributed by atoms with Gasteiger partial charge in [-0.2, -0.15) is 0 Å². The molecule has 0 spiro atoms. The fourth-order valence-corrected chi connectivity index (χ4v) is 1.79. The van der Waals surface area contributed by atoms with Crippen LogP contribution in [0.2, 0.25) is 0 Å². The summed E-state index contributed by atoms with van der Waals surface area (Å²) in [5.41, 5.74) is 5.78. The van der Waals surface area contributed by atoms with Crippen LogP contribution in [-0.4, -0.2) is 12.4 Å². The largest absolute Gasteiger partial charge is 0.387 e. The number of aliphatic imine (C=N–C) groups is 1. The minimum atomic E-state index is 0.406. The van der Waals surface area contributed by atoms with Gasteiger partial charge in [0.15, 0.2) is 0 Å². The summed E-state index contributed by atoms with van der Waals surface area (Å²) in [5, 5.41) is 0. The van der Waals surface area contributed by atoms with Gasteiger partial charge in [-0.25, -0.2) is 0 Å². The van der Waals surface area contributed by atoms with Crippen molar-refractivity contribution in [3.8, 4) is 0 Å². The SMILES string of the molecule is CC(C)C(N)=NCC1CCCCC1. The van der Waals surface area contributed by atoms with Crippen LogP contribution in [0.15, 0.2) is 4.99 Å². The van der Waals surface area contributed by atoms with Crippen molar-refractivity contribution in [1.29, 1.82) is 0 Å². The molecule has 0 amide bonds. The number of rotatable bonds is 3. The Kier molecular flexibility index (Phi) is 4.26. The van der Waals surface area contributed by atoms with E-state index in [0.29, 0.717) is 5.92 Å². The molecular formula is C11H22N2. The molecule has 0 aromatic rings. The van der Waals surface area contributed by atoms with Gasteiger partial charge in [0.05, 0.1) is 5.84 Å². The first-order valence-corrected chi connectivity index (χ1v) is 5.50. The van der Waals surface area contributed by atoms with Crippen LogP contribution in [0.4, 0.5) is 0 Å². The molecule has 0 bridgehead atoms. The number of hydrogen-bond donors (Lipinski definition) is 1. The number of nitrogens with zero attached hydrogens (tertiary/aromatic N) is 1. The minimum absolute atomic E-state index is 0.406. The zero-order valence-corrected chi connectivity index (χ0v) is 8.92. The van der Waals surface area contributed by atoms with E-state index in [1.165, 1.54) is 32.1 Å². The van der Waals surface area contributed by atoms with Crippen LogP contribution in [0.25, 0.3) is 0 Å². The molecule has 13 heavy (non-hydrogen) atoms. The Morgan fingerprint density at radius 2 is 1.92 bits per heavy atom. The van der Waals surface area contributed by atoms with Crippen LogP contribution in [0.1, 0.15) is 46.0 Å². The Hall–Kier alpha value is -0.530. The predicted octanol–water partition coefficient (Wildman–Crippen LogP) is 2.58. The molecule has 76 valence electrons. The van der Waals surface area contributed by atoms with Gasteiger partial charge in [0.1, 0.15) is 0 Å². The van der Waals surface area contributed by atoms with Gasteiger partial charge in [-0.15, -0.1) is 0 Å². The van der Waals surface area contributed by atoms with Gasteiger partial charge in [-0.1, -0.05) is 33.1 Å². The summed E-state index contributed by atoms with van der Waals surface area (Å²) >= 11 is 0. The average molecular weight is 182 g/mol. The van der Waals surface area contributed by atoms with Crippen molar-refractivity contribution in [1.82, 2.24) is 0 Å². The second kappa shape index (κ2) is 5.25. The van der Waals surface area contributed by atoms with Crippen molar-refractivity contribution in [2.75, 3.05) is 6.54 Å². The van der Waals surface area contributed by atoms with E-state index in [2.05, 4.69) is 18.8 Å². The molecular weight excluding hydrogens is 160 g/mol. The third-order valence-electron chi connectivity index (χ3n) is 2.85. The zero-order valence-electron chi connectivity index (χ0n) is 8.92. The van der Waals surface area contributed by atoms with E-state index in [1.807, 2.05) is 0 Å². The van der Waals surface area contributed by atoms with Crippen molar-refractivity contribution in [2.45, 2.75) is 46.0 Å². The Bertz CT molecular complexity index is 167. The lowest BCUT2D eigenvalue weighted by atomic mass is 9.89. The first-order valence-electron chi connectivity index (χ1n) is 5.50. The Labute approximate surface area is 81.6 Å². The Morgan fingerprint density at radius 1 is 1.31 bits per heavy atom. The third-order valence-corrected chi connectivity index (χ3v) is 2.85. The highest BCUT2D eigenvalue weighted by atomic mass is 14.9. The Balaban J connectivity index is 2.27. The van der Waals surface area contributed by atoms with Gasteiger partial charge in [0.2, 0.25) is 0 Å². The summed E-state index contributed by atoms with van der Waals surface area (Å²) in [4.78, 5) is 4.44. The molecule has 2 heteroatoms. The first-order chi connectivity index (χ1) is 6.20. The topological polar surface area (TPSA) is 38.4 Å². The van der Waals surface area contributed by atoms with Crippen molar-refractivity contribution < 1.29 is 0 Å². The lowest BCUT2D eigenvalue weighted by Gasteiger charge is -2.19. The molecule has 0 atom stereocenters. The van der Waals surface area contributed by atoms with E-state index < -0.39 is 0 Å². The minimum Gasteiger partial charge on any atom is -0.387 e. The normalized spacial score (nSPS) is 21.0. The van der Waals surface area contributed by atoms with Crippen molar-refractivity contribution >= 4 is 5.84 Å². The van der Waals surface area contributed by atoms with Crippen molar-refractivity contribution in [3.63, 3.8) is 0 Å². The second-order valence-corrected chi connectivity index (χ2v) is 4.42. The Morgan fingerprint density at radius 3 is 2.46 bits per heavy atom. The molecule has 2 nitrogen and oxygen atoms in total. The second-order valence-electron chi connectivity index (χ2n) is 4.42. The molecule has 0 unspecified atom stereocenters. The van der Waals surface area contributed by atoms with Gasteiger partial charge in [0, 0.05) is 12.5 Å². The predicted molar refractivity (Wildman–Crippen MR) is 57.9 cm³/mol. The van der Waals surface area contributed by atoms with Gasteiger partial charge in [-0.3, -0.25) is 4.99 Å². The molecule has 1 fully saturated rings. The van der Waals surface area contributed by atoms with Gasteiger partial charge >= 0.3 is 0 Å². The molecule has 1 rings (SSSR count). The molecule has 2 N–H and O–H groups in total. The summed E-state index contributed by atoms with van der Waals surface area (Å²) in [6.45, 7) is 5.16. The number of nitrogens with two attached hydrogens (primary N) is 1. The highest BCUT2D eigenvalue weighted by Gasteiger charge is 2.12. The molecule has 1 aliphatic rings. The quantitative estimate of drug-likeness (QED) is 0.529. The highest BCUT2D eigenvalue weighted by molar-refractivity contribution is 5.82. The smallest absolute Gasteiger partial charge is 0.0962 e. The van der Waals surface area contributed by atoms with Gasteiger partial charge in [0.25, 0.3) is 0 Å². The van der Waals surface area contributed by atoms with Crippen LogP contribution in [0.3, 0.4) is 0 Å². The number of hydrogen-bond acceptors (Lipinski definition) is 1. The average Bonchev–Trinajstić information content (AvgIpc) is 2.15. The first kappa shape index (κ1) is 10.6. The van der Waals surface area contributed by atoms with E-state index in [1.54, 1.807) is 0 Å². The maximum Gasteiger partial charge on any atom is 0.0962 e. The molecule has 1 aliphatic carbocycles. The summed E-state index contributed by atoms with van der Waals surface area (Å²) in [5.74, 6) is 2.04. The summed E-state index contributed by atoms with van der Waals surface area (Å²) in [6.07, 6.45) is 6.91. The lowest BCUT2D eigenvalue weighted by Crippen LogP contribution is -2.21. The lowest BCUT2D eigenvalue weighted by molar-refractivity contribution is 0.366. The maximum absolute atomic E-state index is 5.78. The van der Waals surface area contributed by atoms with E-state index >= 15 is 0 Å². The molecule has 0 aliphatic heterocycles. The molecule has 0 aromatic heterocycles. The maximum atomic E-state index is 5.78. The zero-order chi connectivity index (χ0) is 9.68. The summed E-state index contributed by atoms with van der Waals surface area (Å²) in [7, 11) is 0. The van der Waals surface area contributed by atoms with E-state index in [4.69, 9.17) is 5.73 Å². The van der Waals surface area contributed by atoms with Crippen LogP contribution in [0, 0.1) is 11.8 Å². The van der Waals surface area contributed by atoms with Crippen LogP contribution in [0.5, 0.6) is 0 Å². The fraction of sp³-hybridized carbons (Fsp3) is 0.909. The fourth-order valence-electron chi connectivity index (χ4n) is 1.79. The van der Waals surface area contributed by atoms with Crippen molar-refractivity contribution in [3.05, 3.63) is 0 Å². The molecule has 0 saturated heterocycles. The summed E-state index contributed by atoms with van der Waals surface area (Å²) in [6, 6.07) is 0. The third kappa shape index (κ3) is 3.79. The molecule has 0 radical (unpaired) electrons. The van der Waals surface area contributed by atoms with E-state index in [-0.39, 0.29) is 0 Å². The van der Waals surface area contributed by atoms with Crippen molar-refractivity contribution in [2.24, 2.45) is 22.6 Å². The molecule has 0 heterocycles. The highest BCUT2D eigenvalue weighted by Crippen LogP contribution is 2.23. The van der Waals surface area contributed by atoms with Gasteiger partial charge in [-0.05, 0) is 18.8 Å². The van der Waals surface area contributed by atoms with E-state index in [9.17, 15) is 0 Å². The summed E-state index contributed by atoms with van der Waals surface area (Å²) < 4.78 is 0. The van der Waals surface area contributed by atoms with Crippen LogP contribution in [-0.2, 0) is 0 Å². The van der Waals surface area contributed by atoms with Gasteiger partial charge < -0.3 is 5.73 Å².